The molecule has 1 saturated carbocycles. The highest BCUT2D eigenvalue weighted by Crippen LogP contribution is 2.27. The molecule has 1 aromatic heterocycles. The van der Waals surface area contributed by atoms with Crippen LogP contribution in [0.4, 0.5) is 0 Å². The largest absolute Gasteiger partial charge is 0.478 e. The van der Waals surface area contributed by atoms with E-state index in [2.05, 4.69) is 16.6 Å². The normalized spacial score (nSPS) is 22.2. The molecule has 1 aliphatic rings. The summed E-state index contributed by atoms with van der Waals surface area (Å²) in [4.78, 5) is 26.9. The van der Waals surface area contributed by atoms with Crippen LogP contribution in [-0.2, 0) is 0 Å². The number of carboxylic acids is 1. The molecule has 0 aromatic carbocycles. The van der Waals surface area contributed by atoms with E-state index in [0.29, 0.717) is 5.25 Å². The van der Waals surface area contributed by atoms with Gasteiger partial charge in [0.2, 0.25) is 0 Å². The highest BCUT2D eigenvalue weighted by Gasteiger charge is 2.23. The van der Waals surface area contributed by atoms with Gasteiger partial charge in [-0.25, -0.2) is 4.79 Å². The molecule has 1 heterocycles. The van der Waals surface area contributed by atoms with Crippen molar-refractivity contribution in [2.75, 3.05) is 6.26 Å². The standard InChI is InChI=1S/C14H18N2O3S/c1-20-11-4-2-3-10(8-11)16-13(17)12-7-9(14(18)19)5-6-15-12/h5-7,10-11H,2-4,8H2,1H3,(H,16,17)(H,18,19). The molecule has 20 heavy (non-hydrogen) atoms. The van der Waals surface area contributed by atoms with Gasteiger partial charge < -0.3 is 10.4 Å². The van der Waals surface area contributed by atoms with Gasteiger partial charge >= 0.3 is 5.97 Å². The van der Waals surface area contributed by atoms with Crippen molar-refractivity contribution < 1.29 is 14.7 Å². The van der Waals surface area contributed by atoms with Crippen LogP contribution >= 0.6 is 11.8 Å². The lowest BCUT2D eigenvalue weighted by Crippen LogP contribution is -2.39. The first-order valence-corrected chi connectivity index (χ1v) is 7.92. The minimum atomic E-state index is -1.05. The molecule has 0 radical (unpaired) electrons. The Kier molecular flexibility index (Phi) is 5.00. The smallest absolute Gasteiger partial charge is 0.335 e. The van der Waals surface area contributed by atoms with E-state index in [0.717, 1.165) is 19.3 Å². The summed E-state index contributed by atoms with van der Waals surface area (Å²) in [7, 11) is 0. The summed E-state index contributed by atoms with van der Waals surface area (Å²) < 4.78 is 0. The molecule has 0 saturated heterocycles. The molecule has 0 bridgehead atoms. The van der Waals surface area contributed by atoms with Gasteiger partial charge in [0.25, 0.3) is 5.91 Å². The Morgan fingerprint density at radius 1 is 1.45 bits per heavy atom. The predicted octanol–water partition coefficient (Wildman–Crippen LogP) is 2.18. The number of rotatable bonds is 4. The number of amides is 1. The molecular weight excluding hydrogens is 276 g/mol. The number of nitrogens with one attached hydrogen (secondary N) is 1. The lowest BCUT2D eigenvalue weighted by molar-refractivity contribution is 0.0696. The van der Waals surface area contributed by atoms with Crippen LogP contribution in [0.1, 0.15) is 46.5 Å². The third-order valence-electron chi connectivity index (χ3n) is 3.53. The van der Waals surface area contributed by atoms with Crippen molar-refractivity contribution in [1.82, 2.24) is 10.3 Å². The van der Waals surface area contributed by atoms with Crippen LogP contribution in [0.5, 0.6) is 0 Å². The number of thioether (sulfide) groups is 1. The van der Waals surface area contributed by atoms with Crippen molar-refractivity contribution in [3.05, 3.63) is 29.6 Å². The Morgan fingerprint density at radius 2 is 2.25 bits per heavy atom. The molecule has 2 atom stereocenters. The van der Waals surface area contributed by atoms with Crippen LogP contribution in [0.3, 0.4) is 0 Å². The molecule has 6 heteroatoms. The van der Waals surface area contributed by atoms with Gasteiger partial charge in [-0.2, -0.15) is 11.8 Å². The van der Waals surface area contributed by atoms with Gasteiger partial charge in [-0.15, -0.1) is 0 Å². The minimum Gasteiger partial charge on any atom is -0.478 e. The second-order valence-electron chi connectivity index (χ2n) is 4.93. The van der Waals surface area contributed by atoms with E-state index < -0.39 is 5.97 Å². The summed E-state index contributed by atoms with van der Waals surface area (Å²) >= 11 is 1.83. The van der Waals surface area contributed by atoms with E-state index in [-0.39, 0.29) is 23.2 Å². The van der Waals surface area contributed by atoms with Crippen molar-refractivity contribution in [3.63, 3.8) is 0 Å². The third kappa shape index (κ3) is 3.72. The summed E-state index contributed by atoms with van der Waals surface area (Å²) in [5.41, 5.74) is 0.243. The Balaban J connectivity index is 2.01. The van der Waals surface area contributed by atoms with Gasteiger partial charge in [-0.1, -0.05) is 6.42 Å². The van der Waals surface area contributed by atoms with Crippen LogP contribution in [-0.4, -0.2) is 39.5 Å². The topological polar surface area (TPSA) is 79.3 Å². The first-order chi connectivity index (χ1) is 9.60. The SMILES string of the molecule is CSC1CCCC(NC(=O)c2cc(C(=O)O)ccn2)C1. The number of hydrogen-bond acceptors (Lipinski definition) is 4. The number of pyridine rings is 1. The van der Waals surface area contributed by atoms with Crippen LogP contribution < -0.4 is 5.32 Å². The lowest BCUT2D eigenvalue weighted by atomic mass is 9.95. The number of hydrogen-bond donors (Lipinski definition) is 2. The molecule has 108 valence electrons. The average molecular weight is 294 g/mol. The number of carbonyl (C=O) groups is 2. The summed E-state index contributed by atoms with van der Waals surface area (Å²) in [6.45, 7) is 0. The Bertz CT molecular complexity index is 507. The van der Waals surface area contributed by atoms with Gasteiger partial charge in [-0.3, -0.25) is 9.78 Å². The van der Waals surface area contributed by atoms with E-state index in [1.165, 1.54) is 24.8 Å². The van der Waals surface area contributed by atoms with Crippen molar-refractivity contribution >= 4 is 23.6 Å². The highest BCUT2D eigenvalue weighted by atomic mass is 32.2. The van der Waals surface area contributed by atoms with Crippen molar-refractivity contribution in [1.29, 1.82) is 0 Å². The Labute approximate surface area is 122 Å². The molecule has 2 rings (SSSR count). The van der Waals surface area contributed by atoms with E-state index in [4.69, 9.17) is 5.11 Å². The molecule has 1 fully saturated rings. The van der Waals surface area contributed by atoms with E-state index in [1.807, 2.05) is 11.8 Å². The zero-order chi connectivity index (χ0) is 14.5. The second kappa shape index (κ2) is 6.74. The van der Waals surface area contributed by atoms with Crippen LogP contribution in [0.15, 0.2) is 18.3 Å². The fourth-order valence-electron chi connectivity index (χ4n) is 2.44. The molecule has 2 N–H and O–H groups in total. The highest BCUT2D eigenvalue weighted by molar-refractivity contribution is 7.99. The van der Waals surface area contributed by atoms with E-state index in [9.17, 15) is 9.59 Å². The number of carbonyl (C=O) groups excluding carboxylic acids is 1. The molecule has 1 aromatic rings. The van der Waals surface area contributed by atoms with Crippen molar-refractivity contribution in [2.45, 2.75) is 37.0 Å². The maximum absolute atomic E-state index is 12.1. The van der Waals surface area contributed by atoms with Crippen LogP contribution in [0.25, 0.3) is 0 Å². The van der Waals surface area contributed by atoms with Crippen molar-refractivity contribution in [2.24, 2.45) is 0 Å². The summed E-state index contributed by atoms with van der Waals surface area (Å²) in [5, 5.41) is 12.5. The molecule has 0 spiro atoms. The van der Waals surface area contributed by atoms with Gasteiger partial charge in [0.1, 0.15) is 5.69 Å². The van der Waals surface area contributed by atoms with Gasteiger partial charge in [0, 0.05) is 17.5 Å². The van der Waals surface area contributed by atoms with Gasteiger partial charge in [0.05, 0.1) is 5.56 Å². The van der Waals surface area contributed by atoms with E-state index >= 15 is 0 Å². The number of carboxylic acid groups (broad SMARTS) is 1. The van der Waals surface area contributed by atoms with Crippen LogP contribution in [0.2, 0.25) is 0 Å². The second-order valence-corrected chi connectivity index (χ2v) is 6.07. The molecule has 2 unspecified atom stereocenters. The molecule has 0 aliphatic heterocycles. The molecule has 5 nitrogen and oxygen atoms in total. The Hall–Kier alpha value is -1.56. The fraction of sp³-hybridized carbons (Fsp3) is 0.500. The third-order valence-corrected chi connectivity index (χ3v) is 4.63. The zero-order valence-corrected chi connectivity index (χ0v) is 12.2. The molecule has 1 aliphatic carbocycles. The first-order valence-electron chi connectivity index (χ1n) is 6.63. The molecular formula is C14H18N2O3S. The summed E-state index contributed by atoms with van der Waals surface area (Å²) in [6.07, 6.45) is 7.68. The monoisotopic (exact) mass is 294 g/mol. The number of aromatic nitrogens is 1. The summed E-state index contributed by atoms with van der Waals surface area (Å²) in [6, 6.07) is 2.85. The number of aromatic carboxylic acids is 1. The zero-order valence-electron chi connectivity index (χ0n) is 11.3. The fourth-order valence-corrected chi connectivity index (χ4v) is 3.26. The lowest BCUT2D eigenvalue weighted by Gasteiger charge is -2.28. The Morgan fingerprint density at radius 3 is 2.95 bits per heavy atom. The average Bonchev–Trinajstić information content (AvgIpc) is 2.47. The van der Waals surface area contributed by atoms with Crippen molar-refractivity contribution in [3.8, 4) is 0 Å². The predicted molar refractivity (Wildman–Crippen MR) is 78.2 cm³/mol. The minimum absolute atomic E-state index is 0.0794. The first kappa shape index (κ1) is 14.8. The molecule has 1 amide bonds. The van der Waals surface area contributed by atoms with Gasteiger partial charge in [-0.05, 0) is 37.7 Å². The maximum Gasteiger partial charge on any atom is 0.335 e. The number of nitrogens with zero attached hydrogens (tertiary/aromatic N) is 1. The van der Waals surface area contributed by atoms with Crippen LogP contribution in [0, 0.1) is 0 Å². The quantitative estimate of drug-likeness (QED) is 0.890. The summed E-state index contributed by atoms with van der Waals surface area (Å²) in [5.74, 6) is -1.35. The van der Waals surface area contributed by atoms with Gasteiger partial charge in [0.15, 0.2) is 0 Å². The maximum atomic E-state index is 12.1. The van der Waals surface area contributed by atoms with E-state index in [1.54, 1.807) is 0 Å².